The number of carbonyl (C=O) groups is 1. The zero-order valence-corrected chi connectivity index (χ0v) is 17.7. The van der Waals surface area contributed by atoms with E-state index in [9.17, 15) is 4.79 Å². The Labute approximate surface area is 174 Å². The topological polar surface area (TPSA) is 26.3 Å². The molecule has 0 aliphatic rings. The smallest absolute Gasteiger partial charge is 0.338 e. The van der Waals surface area contributed by atoms with E-state index in [1.165, 1.54) is 38.5 Å². The minimum atomic E-state index is -0.255. The Morgan fingerprint density at radius 2 is 1.38 bits per heavy atom. The Morgan fingerprint density at radius 1 is 0.828 bits per heavy atom. The Balaban J connectivity index is 1.66. The molecule has 0 heterocycles. The SMILES string of the molecule is CCCCCCCCCC=C(C)C(=O)Oc1c2ccccc2cc2ccccc12. The second-order valence-corrected chi connectivity index (χ2v) is 7.83. The third-order valence-electron chi connectivity index (χ3n) is 5.50. The van der Waals surface area contributed by atoms with E-state index in [1.807, 2.05) is 49.4 Å². The first-order valence-corrected chi connectivity index (χ1v) is 11.0. The third-order valence-corrected chi connectivity index (χ3v) is 5.50. The average molecular weight is 389 g/mol. The standard InChI is InChI=1S/C27H32O2/c1-3-4-5-6-7-8-9-10-15-21(2)27(28)29-26-24-18-13-11-16-22(24)20-23-17-12-14-19-25(23)26/h11-20H,3-10H2,1-2H3. The molecule has 0 atom stereocenters. The van der Waals surface area contributed by atoms with Gasteiger partial charge in [-0.05, 0) is 36.6 Å². The predicted molar refractivity (Wildman–Crippen MR) is 123 cm³/mol. The van der Waals surface area contributed by atoms with Gasteiger partial charge in [-0.25, -0.2) is 4.79 Å². The van der Waals surface area contributed by atoms with E-state index >= 15 is 0 Å². The van der Waals surface area contributed by atoms with Gasteiger partial charge in [0.05, 0.1) is 0 Å². The number of carbonyl (C=O) groups excluding carboxylic acids is 1. The fraction of sp³-hybridized carbons (Fsp3) is 0.370. The van der Waals surface area contributed by atoms with E-state index in [-0.39, 0.29) is 5.97 Å². The van der Waals surface area contributed by atoms with Crippen molar-refractivity contribution < 1.29 is 9.53 Å². The lowest BCUT2D eigenvalue weighted by molar-refractivity contribution is -0.129. The molecule has 2 heteroatoms. The normalized spacial score (nSPS) is 11.9. The average Bonchev–Trinajstić information content (AvgIpc) is 2.75. The molecule has 152 valence electrons. The fourth-order valence-electron chi connectivity index (χ4n) is 3.76. The Kier molecular flexibility index (Phi) is 7.86. The van der Waals surface area contributed by atoms with Gasteiger partial charge in [0, 0.05) is 16.3 Å². The van der Waals surface area contributed by atoms with Crippen LogP contribution < -0.4 is 4.74 Å². The van der Waals surface area contributed by atoms with Crippen molar-refractivity contribution in [3.63, 3.8) is 0 Å². The van der Waals surface area contributed by atoms with Gasteiger partial charge in [-0.3, -0.25) is 0 Å². The van der Waals surface area contributed by atoms with Crippen molar-refractivity contribution in [2.75, 3.05) is 0 Å². The summed E-state index contributed by atoms with van der Waals surface area (Å²) >= 11 is 0. The molecule has 0 radical (unpaired) electrons. The number of fused-ring (bicyclic) bond motifs is 2. The summed E-state index contributed by atoms with van der Waals surface area (Å²) in [7, 11) is 0. The van der Waals surface area contributed by atoms with Crippen LogP contribution in [0.5, 0.6) is 5.75 Å². The molecule has 29 heavy (non-hydrogen) atoms. The first kappa shape index (κ1) is 21.1. The van der Waals surface area contributed by atoms with Crippen molar-refractivity contribution in [1.82, 2.24) is 0 Å². The number of hydrogen-bond donors (Lipinski definition) is 0. The minimum Gasteiger partial charge on any atom is -0.422 e. The van der Waals surface area contributed by atoms with Gasteiger partial charge in [-0.15, -0.1) is 0 Å². The first-order valence-electron chi connectivity index (χ1n) is 11.0. The van der Waals surface area contributed by atoms with Crippen LogP contribution in [0.3, 0.4) is 0 Å². The summed E-state index contributed by atoms with van der Waals surface area (Å²) in [5, 5.41) is 4.11. The van der Waals surface area contributed by atoms with Crippen LogP contribution in [0.2, 0.25) is 0 Å². The molecule has 0 aromatic heterocycles. The Hall–Kier alpha value is -2.61. The van der Waals surface area contributed by atoms with Gasteiger partial charge in [0.1, 0.15) is 5.75 Å². The predicted octanol–water partition coefficient (Wildman–Crippen LogP) is 7.99. The van der Waals surface area contributed by atoms with Gasteiger partial charge >= 0.3 is 5.97 Å². The largest absolute Gasteiger partial charge is 0.422 e. The first-order chi connectivity index (χ1) is 14.2. The van der Waals surface area contributed by atoms with E-state index in [4.69, 9.17) is 4.74 Å². The third kappa shape index (κ3) is 5.69. The van der Waals surface area contributed by atoms with Gasteiger partial charge in [0.25, 0.3) is 0 Å². The molecule has 0 unspecified atom stereocenters. The molecular formula is C27H32O2. The van der Waals surface area contributed by atoms with Gasteiger partial charge in [-0.1, -0.05) is 100 Å². The van der Waals surface area contributed by atoms with E-state index in [0.717, 1.165) is 34.4 Å². The lowest BCUT2D eigenvalue weighted by atomic mass is 10.0. The molecule has 0 saturated carbocycles. The van der Waals surface area contributed by atoms with Crippen molar-refractivity contribution in [3.8, 4) is 5.75 Å². The van der Waals surface area contributed by atoms with Crippen LogP contribution in [-0.2, 0) is 4.79 Å². The molecule has 0 aliphatic heterocycles. The molecule has 0 aliphatic carbocycles. The Bertz CT molecular complexity index is 930. The zero-order valence-electron chi connectivity index (χ0n) is 17.7. The highest BCUT2D eigenvalue weighted by Gasteiger charge is 2.14. The molecule has 3 aromatic carbocycles. The highest BCUT2D eigenvalue weighted by Crippen LogP contribution is 2.35. The Morgan fingerprint density at radius 3 is 2.00 bits per heavy atom. The zero-order chi connectivity index (χ0) is 20.5. The van der Waals surface area contributed by atoms with Crippen LogP contribution in [0.1, 0.15) is 65.2 Å². The van der Waals surface area contributed by atoms with Crippen molar-refractivity contribution in [2.24, 2.45) is 0 Å². The molecule has 3 aromatic rings. The molecule has 0 N–H and O–H groups in total. The van der Waals surface area contributed by atoms with E-state index < -0.39 is 0 Å². The van der Waals surface area contributed by atoms with Gasteiger partial charge < -0.3 is 4.74 Å². The summed E-state index contributed by atoms with van der Waals surface area (Å²) < 4.78 is 5.92. The molecule has 0 bridgehead atoms. The van der Waals surface area contributed by atoms with Crippen LogP contribution in [0, 0.1) is 0 Å². The monoisotopic (exact) mass is 388 g/mol. The number of rotatable bonds is 10. The number of unbranched alkanes of at least 4 members (excludes halogenated alkanes) is 7. The lowest BCUT2D eigenvalue weighted by Gasteiger charge is -2.12. The van der Waals surface area contributed by atoms with Gasteiger partial charge in [0.2, 0.25) is 0 Å². The minimum absolute atomic E-state index is 0.255. The molecule has 2 nitrogen and oxygen atoms in total. The second kappa shape index (κ2) is 10.8. The maximum absolute atomic E-state index is 12.7. The maximum Gasteiger partial charge on any atom is 0.338 e. The van der Waals surface area contributed by atoms with E-state index in [2.05, 4.69) is 25.1 Å². The number of allylic oxidation sites excluding steroid dienone is 1. The summed E-state index contributed by atoms with van der Waals surface area (Å²) in [5.41, 5.74) is 0.688. The fourth-order valence-corrected chi connectivity index (χ4v) is 3.76. The summed E-state index contributed by atoms with van der Waals surface area (Å²) in [6.07, 6.45) is 11.9. The van der Waals surface area contributed by atoms with Gasteiger partial charge in [-0.2, -0.15) is 0 Å². The molecule has 0 amide bonds. The lowest BCUT2D eigenvalue weighted by Crippen LogP contribution is -2.10. The van der Waals surface area contributed by atoms with Crippen molar-refractivity contribution >= 4 is 27.5 Å². The summed E-state index contributed by atoms with van der Waals surface area (Å²) in [5.74, 6) is 0.404. The molecule has 0 spiro atoms. The van der Waals surface area contributed by atoms with E-state index in [1.54, 1.807) is 0 Å². The second-order valence-electron chi connectivity index (χ2n) is 7.83. The van der Waals surface area contributed by atoms with Crippen LogP contribution in [0.4, 0.5) is 0 Å². The molecule has 0 saturated heterocycles. The van der Waals surface area contributed by atoms with E-state index in [0.29, 0.717) is 11.3 Å². The maximum atomic E-state index is 12.7. The highest BCUT2D eigenvalue weighted by atomic mass is 16.5. The van der Waals surface area contributed by atoms with Crippen LogP contribution in [0.15, 0.2) is 66.2 Å². The van der Waals surface area contributed by atoms with Crippen molar-refractivity contribution in [2.45, 2.75) is 65.2 Å². The van der Waals surface area contributed by atoms with Gasteiger partial charge in [0.15, 0.2) is 0 Å². The summed E-state index contributed by atoms with van der Waals surface area (Å²) in [6.45, 7) is 4.10. The number of esters is 1. The molecular weight excluding hydrogens is 356 g/mol. The van der Waals surface area contributed by atoms with Crippen molar-refractivity contribution in [3.05, 3.63) is 66.2 Å². The quantitative estimate of drug-likeness (QED) is 0.116. The number of hydrogen-bond acceptors (Lipinski definition) is 2. The number of ether oxygens (including phenoxy) is 1. The summed E-state index contributed by atoms with van der Waals surface area (Å²) in [4.78, 5) is 12.7. The highest BCUT2D eigenvalue weighted by molar-refractivity contribution is 6.07. The summed E-state index contributed by atoms with van der Waals surface area (Å²) in [6, 6.07) is 18.3. The van der Waals surface area contributed by atoms with Crippen LogP contribution >= 0.6 is 0 Å². The molecule has 0 fully saturated rings. The van der Waals surface area contributed by atoms with Crippen LogP contribution in [-0.4, -0.2) is 5.97 Å². The van der Waals surface area contributed by atoms with Crippen LogP contribution in [0.25, 0.3) is 21.5 Å². The number of benzene rings is 3. The molecule has 3 rings (SSSR count). The van der Waals surface area contributed by atoms with Crippen molar-refractivity contribution in [1.29, 1.82) is 0 Å².